The van der Waals surface area contributed by atoms with Gasteiger partial charge in [-0.25, -0.2) is 4.79 Å². The number of nitrogens with zero attached hydrogens (tertiary/aromatic N) is 1. The number of hydrogen-bond acceptors (Lipinski definition) is 8. The largest absolute Gasteiger partial charge is 0.493 e. The highest BCUT2D eigenvalue weighted by Crippen LogP contribution is 2.37. The average molecular weight is 485 g/mol. The average Bonchev–Trinajstić information content (AvgIpc) is 3.25. The van der Waals surface area contributed by atoms with Crippen LogP contribution in [0.2, 0.25) is 0 Å². The zero-order chi connectivity index (χ0) is 24.5. The van der Waals surface area contributed by atoms with E-state index in [1.54, 1.807) is 43.7 Å². The highest BCUT2D eigenvalue weighted by atomic mass is 32.1. The number of amides is 1. The first kappa shape index (κ1) is 24.7. The normalized spacial score (nSPS) is 10.4. The fourth-order valence-corrected chi connectivity index (χ4v) is 4.17. The van der Waals surface area contributed by atoms with Crippen molar-refractivity contribution < 1.29 is 28.7 Å². The van der Waals surface area contributed by atoms with Crippen LogP contribution in [-0.4, -0.2) is 37.1 Å². The van der Waals surface area contributed by atoms with Crippen LogP contribution in [0, 0.1) is 10.1 Å². The first-order valence-electron chi connectivity index (χ1n) is 10.5. The number of carbonyl (C=O) groups is 2. The number of nitrogens with one attached hydrogen (secondary N) is 1. The van der Waals surface area contributed by atoms with E-state index in [2.05, 4.69) is 5.32 Å². The zero-order valence-electron chi connectivity index (χ0n) is 18.7. The van der Waals surface area contributed by atoms with Crippen molar-refractivity contribution in [2.45, 2.75) is 19.8 Å². The Bertz CT molecular complexity index is 1180. The minimum atomic E-state index is -0.611. The monoisotopic (exact) mass is 484 g/mol. The molecular formula is C24H24N2O7S. The number of ether oxygens (including phenoxy) is 3. The number of non-ortho nitro benzene ring substituents is 1. The number of nitro groups is 1. The predicted octanol–water partition coefficient (Wildman–Crippen LogP) is 5.31. The van der Waals surface area contributed by atoms with Crippen LogP contribution in [0.4, 0.5) is 10.7 Å². The van der Waals surface area contributed by atoms with E-state index in [9.17, 15) is 19.7 Å². The fourth-order valence-electron chi connectivity index (χ4n) is 3.20. The van der Waals surface area contributed by atoms with Crippen molar-refractivity contribution in [3.8, 4) is 22.6 Å². The van der Waals surface area contributed by atoms with Crippen molar-refractivity contribution in [3.05, 3.63) is 69.6 Å². The summed E-state index contributed by atoms with van der Waals surface area (Å²) in [4.78, 5) is 35.9. The summed E-state index contributed by atoms with van der Waals surface area (Å²) in [7, 11) is 1.56. The van der Waals surface area contributed by atoms with Gasteiger partial charge in [0.25, 0.3) is 5.69 Å². The van der Waals surface area contributed by atoms with Gasteiger partial charge in [-0.05, 0) is 31.0 Å². The van der Waals surface area contributed by atoms with Crippen molar-refractivity contribution in [2.75, 3.05) is 25.6 Å². The van der Waals surface area contributed by atoms with Gasteiger partial charge in [-0.2, -0.15) is 0 Å². The van der Waals surface area contributed by atoms with Gasteiger partial charge in [-0.3, -0.25) is 14.9 Å². The van der Waals surface area contributed by atoms with Gasteiger partial charge < -0.3 is 19.5 Å². The van der Waals surface area contributed by atoms with E-state index in [1.807, 2.05) is 12.1 Å². The van der Waals surface area contributed by atoms with Crippen LogP contribution in [0.3, 0.4) is 0 Å². The molecule has 3 aromatic rings. The van der Waals surface area contributed by atoms with Gasteiger partial charge in [-0.1, -0.05) is 24.3 Å². The Kier molecular flexibility index (Phi) is 8.58. The van der Waals surface area contributed by atoms with E-state index in [4.69, 9.17) is 14.2 Å². The van der Waals surface area contributed by atoms with E-state index < -0.39 is 10.9 Å². The number of nitro benzene ring substituents is 1. The number of benzene rings is 2. The first-order valence-corrected chi connectivity index (χ1v) is 11.4. The Morgan fingerprint density at radius 3 is 2.59 bits per heavy atom. The van der Waals surface area contributed by atoms with Crippen LogP contribution in [-0.2, 0) is 9.53 Å². The van der Waals surface area contributed by atoms with Crippen LogP contribution in [0.25, 0.3) is 11.1 Å². The van der Waals surface area contributed by atoms with E-state index in [-0.39, 0.29) is 30.2 Å². The molecule has 0 bridgehead atoms. The molecule has 0 aliphatic carbocycles. The van der Waals surface area contributed by atoms with E-state index in [0.29, 0.717) is 40.7 Å². The highest BCUT2D eigenvalue weighted by Gasteiger charge is 2.23. The lowest BCUT2D eigenvalue weighted by atomic mass is 10.0. The topological polar surface area (TPSA) is 117 Å². The van der Waals surface area contributed by atoms with Crippen molar-refractivity contribution in [1.29, 1.82) is 0 Å². The van der Waals surface area contributed by atoms with Gasteiger partial charge in [0, 0.05) is 29.5 Å². The standard InChI is InChI=1S/C24H24N2O7S/c1-3-32-24(28)22-18(16-8-6-9-17(14-16)26(29)30)15-34-23(22)25-21(27)12-7-13-33-20-11-5-4-10-19(20)31-2/h4-6,8-11,14-15H,3,7,12-13H2,1-2H3,(H,25,27). The molecule has 178 valence electrons. The molecule has 9 nitrogen and oxygen atoms in total. The minimum absolute atomic E-state index is 0.0980. The molecule has 10 heteroatoms. The smallest absolute Gasteiger partial charge is 0.341 e. The summed E-state index contributed by atoms with van der Waals surface area (Å²) >= 11 is 1.16. The molecule has 1 N–H and O–H groups in total. The van der Waals surface area contributed by atoms with Crippen molar-refractivity contribution in [1.82, 2.24) is 0 Å². The minimum Gasteiger partial charge on any atom is -0.493 e. The zero-order valence-corrected chi connectivity index (χ0v) is 19.6. The molecule has 0 spiro atoms. The van der Waals surface area contributed by atoms with Crippen LogP contribution >= 0.6 is 11.3 Å². The van der Waals surface area contributed by atoms with Crippen molar-refractivity contribution in [3.63, 3.8) is 0 Å². The first-order chi connectivity index (χ1) is 16.4. The van der Waals surface area contributed by atoms with E-state index >= 15 is 0 Å². The number of thiophene rings is 1. The van der Waals surface area contributed by atoms with E-state index in [1.165, 1.54) is 12.1 Å². The molecule has 1 aromatic heterocycles. The predicted molar refractivity (Wildman–Crippen MR) is 129 cm³/mol. The second-order valence-corrected chi connectivity index (χ2v) is 7.91. The molecule has 1 heterocycles. The molecule has 0 radical (unpaired) electrons. The van der Waals surface area contributed by atoms with Crippen molar-refractivity contribution >= 4 is 33.9 Å². The maximum absolute atomic E-state index is 12.7. The number of rotatable bonds is 11. The molecule has 0 unspecified atom stereocenters. The molecule has 0 saturated carbocycles. The molecule has 0 saturated heterocycles. The second kappa shape index (κ2) is 11.8. The van der Waals surface area contributed by atoms with Crippen LogP contribution in [0.1, 0.15) is 30.1 Å². The molecule has 34 heavy (non-hydrogen) atoms. The molecule has 2 aromatic carbocycles. The molecule has 1 amide bonds. The van der Waals surface area contributed by atoms with Crippen molar-refractivity contribution in [2.24, 2.45) is 0 Å². The molecule has 3 rings (SSSR count). The van der Waals surface area contributed by atoms with Gasteiger partial charge in [0.1, 0.15) is 10.6 Å². The highest BCUT2D eigenvalue weighted by molar-refractivity contribution is 7.15. The maximum Gasteiger partial charge on any atom is 0.341 e. The summed E-state index contributed by atoms with van der Waals surface area (Å²) in [6.45, 7) is 2.13. The number of anilines is 1. The lowest BCUT2D eigenvalue weighted by Crippen LogP contribution is -2.15. The van der Waals surface area contributed by atoms with Crippen LogP contribution in [0.5, 0.6) is 11.5 Å². The lowest BCUT2D eigenvalue weighted by Gasteiger charge is -2.11. The summed E-state index contributed by atoms with van der Waals surface area (Å²) in [6, 6.07) is 13.2. The van der Waals surface area contributed by atoms with Gasteiger partial charge in [0.15, 0.2) is 11.5 Å². The Balaban J connectivity index is 1.70. The molecule has 0 aliphatic heterocycles. The van der Waals surface area contributed by atoms with Gasteiger partial charge in [0.05, 0.1) is 25.2 Å². The molecule has 0 aliphatic rings. The SMILES string of the molecule is CCOC(=O)c1c(-c2cccc([N+](=O)[O-])c2)csc1NC(=O)CCCOc1ccccc1OC. The third kappa shape index (κ3) is 6.10. The van der Waals surface area contributed by atoms with Crippen LogP contribution < -0.4 is 14.8 Å². The van der Waals surface area contributed by atoms with Crippen LogP contribution in [0.15, 0.2) is 53.9 Å². The van der Waals surface area contributed by atoms with Gasteiger partial charge in [-0.15, -0.1) is 11.3 Å². The summed E-state index contributed by atoms with van der Waals surface area (Å²) in [5.74, 6) is 0.301. The molecule has 0 atom stereocenters. The number of para-hydroxylation sites is 2. The molecule has 0 fully saturated rings. The summed E-state index contributed by atoms with van der Waals surface area (Å²) in [6.07, 6.45) is 0.614. The second-order valence-electron chi connectivity index (χ2n) is 7.03. The Labute approximate surface area is 200 Å². The number of esters is 1. The third-order valence-corrected chi connectivity index (χ3v) is 5.66. The summed E-state index contributed by atoms with van der Waals surface area (Å²) in [5, 5.41) is 15.9. The number of methoxy groups -OCH3 is 1. The van der Waals surface area contributed by atoms with Gasteiger partial charge >= 0.3 is 5.97 Å². The Morgan fingerprint density at radius 2 is 1.88 bits per heavy atom. The number of carbonyl (C=O) groups excluding carboxylic acids is 2. The molecular weight excluding hydrogens is 460 g/mol. The Hall–Kier alpha value is -3.92. The van der Waals surface area contributed by atoms with Gasteiger partial charge in [0.2, 0.25) is 5.91 Å². The summed E-state index contributed by atoms with van der Waals surface area (Å²) < 4.78 is 16.1. The summed E-state index contributed by atoms with van der Waals surface area (Å²) in [5.41, 5.74) is 1.02. The Morgan fingerprint density at radius 1 is 1.12 bits per heavy atom. The quantitative estimate of drug-likeness (QED) is 0.170. The fraction of sp³-hybridized carbons (Fsp3) is 0.250. The maximum atomic E-state index is 12.7. The number of hydrogen-bond donors (Lipinski definition) is 1. The van der Waals surface area contributed by atoms with E-state index in [0.717, 1.165) is 11.3 Å². The lowest BCUT2D eigenvalue weighted by molar-refractivity contribution is -0.384. The third-order valence-electron chi connectivity index (χ3n) is 4.77.